The molecule has 128 valence electrons. The Balaban J connectivity index is 1.81. The SMILES string of the molecule is CCc1[nH]nc(C(=O)N[C@@H]2CCCC[C@H]2n2cccn2)c1[N+](=O)[O-]. The maximum atomic E-state index is 12.6. The van der Waals surface area contributed by atoms with Gasteiger partial charge in [-0.05, 0) is 25.3 Å². The zero-order chi connectivity index (χ0) is 17.1. The topological polar surface area (TPSA) is 119 Å². The Morgan fingerprint density at radius 2 is 2.29 bits per heavy atom. The molecular formula is C15H20N6O3. The van der Waals surface area contributed by atoms with Gasteiger partial charge in [-0.2, -0.15) is 10.2 Å². The molecule has 0 aromatic carbocycles. The largest absolute Gasteiger partial charge is 0.346 e. The van der Waals surface area contributed by atoms with Gasteiger partial charge in [0.2, 0.25) is 5.69 Å². The molecule has 2 aromatic rings. The fourth-order valence-corrected chi connectivity index (χ4v) is 3.28. The Morgan fingerprint density at radius 3 is 2.96 bits per heavy atom. The van der Waals surface area contributed by atoms with Crippen LogP contribution < -0.4 is 5.32 Å². The summed E-state index contributed by atoms with van der Waals surface area (Å²) in [6.45, 7) is 1.77. The molecule has 24 heavy (non-hydrogen) atoms. The maximum absolute atomic E-state index is 12.6. The van der Waals surface area contributed by atoms with Gasteiger partial charge in [-0.1, -0.05) is 19.8 Å². The average Bonchev–Trinajstić information content (AvgIpc) is 3.24. The number of nitrogens with zero attached hydrogens (tertiary/aromatic N) is 4. The van der Waals surface area contributed by atoms with E-state index in [1.165, 1.54) is 0 Å². The minimum atomic E-state index is -0.552. The van der Waals surface area contributed by atoms with Crippen molar-refractivity contribution in [2.45, 2.75) is 51.1 Å². The van der Waals surface area contributed by atoms with Crippen LogP contribution in [-0.2, 0) is 6.42 Å². The first-order valence-corrected chi connectivity index (χ1v) is 8.13. The summed E-state index contributed by atoms with van der Waals surface area (Å²) in [6, 6.07) is 1.79. The first-order valence-electron chi connectivity index (χ1n) is 8.13. The van der Waals surface area contributed by atoms with Crippen LogP contribution in [0.4, 0.5) is 5.69 Å². The maximum Gasteiger partial charge on any atom is 0.322 e. The number of nitro groups is 1. The average molecular weight is 332 g/mol. The van der Waals surface area contributed by atoms with Gasteiger partial charge < -0.3 is 5.32 Å². The number of aryl methyl sites for hydroxylation is 1. The van der Waals surface area contributed by atoms with E-state index < -0.39 is 10.8 Å². The molecule has 0 aliphatic heterocycles. The van der Waals surface area contributed by atoms with E-state index in [2.05, 4.69) is 20.6 Å². The van der Waals surface area contributed by atoms with Crippen LogP contribution in [0.5, 0.6) is 0 Å². The first-order chi connectivity index (χ1) is 11.6. The summed E-state index contributed by atoms with van der Waals surface area (Å²) in [5, 5.41) is 24.9. The minimum Gasteiger partial charge on any atom is -0.346 e. The molecule has 2 heterocycles. The number of hydrogen-bond acceptors (Lipinski definition) is 5. The van der Waals surface area contributed by atoms with Crippen LogP contribution in [0.3, 0.4) is 0 Å². The van der Waals surface area contributed by atoms with Gasteiger partial charge in [0, 0.05) is 12.4 Å². The summed E-state index contributed by atoms with van der Waals surface area (Å²) in [7, 11) is 0. The second-order valence-electron chi connectivity index (χ2n) is 5.93. The van der Waals surface area contributed by atoms with Gasteiger partial charge in [0.1, 0.15) is 5.69 Å². The number of carbonyl (C=O) groups is 1. The number of aromatic nitrogens is 4. The molecule has 0 unspecified atom stereocenters. The number of carbonyl (C=O) groups excluding carboxylic acids is 1. The van der Waals surface area contributed by atoms with Gasteiger partial charge in [0.05, 0.1) is 17.0 Å². The van der Waals surface area contributed by atoms with Crippen molar-refractivity contribution >= 4 is 11.6 Å². The predicted molar refractivity (Wildman–Crippen MR) is 85.6 cm³/mol. The first kappa shape index (κ1) is 16.2. The van der Waals surface area contributed by atoms with E-state index in [9.17, 15) is 14.9 Å². The van der Waals surface area contributed by atoms with Crippen LogP contribution in [0.2, 0.25) is 0 Å². The summed E-state index contributed by atoms with van der Waals surface area (Å²) in [5.74, 6) is -0.512. The van der Waals surface area contributed by atoms with Gasteiger partial charge in [-0.15, -0.1) is 0 Å². The second kappa shape index (κ2) is 6.81. The van der Waals surface area contributed by atoms with Crippen LogP contribution >= 0.6 is 0 Å². The van der Waals surface area contributed by atoms with Crippen molar-refractivity contribution in [1.82, 2.24) is 25.3 Å². The van der Waals surface area contributed by atoms with Gasteiger partial charge in [-0.25, -0.2) is 0 Å². The molecule has 2 aromatic heterocycles. The minimum absolute atomic E-state index is 0.0568. The third kappa shape index (κ3) is 3.01. The number of rotatable bonds is 5. The Hall–Kier alpha value is -2.71. The molecule has 3 rings (SSSR count). The molecule has 1 aliphatic carbocycles. The van der Waals surface area contributed by atoms with Crippen molar-refractivity contribution in [3.63, 3.8) is 0 Å². The van der Waals surface area contributed by atoms with Crippen LogP contribution in [-0.4, -0.2) is 36.9 Å². The van der Waals surface area contributed by atoms with Crippen LogP contribution in [0.1, 0.15) is 54.8 Å². The second-order valence-corrected chi connectivity index (χ2v) is 5.93. The Morgan fingerprint density at radius 1 is 1.50 bits per heavy atom. The third-order valence-corrected chi connectivity index (χ3v) is 4.47. The van der Waals surface area contributed by atoms with E-state index in [-0.39, 0.29) is 23.5 Å². The Labute approximate surface area is 138 Å². The van der Waals surface area contributed by atoms with E-state index >= 15 is 0 Å². The molecular weight excluding hydrogens is 312 g/mol. The molecule has 0 radical (unpaired) electrons. The summed E-state index contributed by atoms with van der Waals surface area (Å²) in [6.07, 6.45) is 7.80. The lowest BCUT2D eigenvalue weighted by Gasteiger charge is -2.32. The molecule has 1 saturated carbocycles. The molecule has 1 fully saturated rings. The Kier molecular flexibility index (Phi) is 4.59. The van der Waals surface area contributed by atoms with Crippen molar-refractivity contribution in [3.05, 3.63) is 40.0 Å². The molecule has 0 saturated heterocycles. The lowest BCUT2D eigenvalue weighted by molar-refractivity contribution is -0.385. The smallest absolute Gasteiger partial charge is 0.322 e. The molecule has 0 bridgehead atoms. The molecule has 2 atom stereocenters. The molecule has 0 spiro atoms. The van der Waals surface area contributed by atoms with Crippen molar-refractivity contribution in [2.24, 2.45) is 0 Å². The molecule has 1 aliphatic rings. The highest BCUT2D eigenvalue weighted by atomic mass is 16.6. The molecule has 9 nitrogen and oxygen atoms in total. The molecule has 9 heteroatoms. The van der Waals surface area contributed by atoms with Crippen molar-refractivity contribution in [3.8, 4) is 0 Å². The van der Waals surface area contributed by atoms with Gasteiger partial charge in [0.25, 0.3) is 5.91 Å². The van der Waals surface area contributed by atoms with Gasteiger partial charge in [0.15, 0.2) is 0 Å². The van der Waals surface area contributed by atoms with E-state index in [0.717, 1.165) is 25.7 Å². The zero-order valence-corrected chi connectivity index (χ0v) is 13.4. The number of H-pyrrole nitrogens is 1. The van der Waals surface area contributed by atoms with Gasteiger partial charge >= 0.3 is 5.69 Å². The summed E-state index contributed by atoms with van der Waals surface area (Å²) in [4.78, 5) is 23.3. The van der Waals surface area contributed by atoms with Crippen LogP contribution in [0, 0.1) is 10.1 Å². The monoisotopic (exact) mass is 332 g/mol. The van der Waals surface area contributed by atoms with E-state index in [4.69, 9.17) is 0 Å². The van der Waals surface area contributed by atoms with Crippen LogP contribution in [0.25, 0.3) is 0 Å². The highest BCUT2D eigenvalue weighted by Gasteiger charge is 2.33. The number of amides is 1. The van der Waals surface area contributed by atoms with E-state index in [0.29, 0.717) is 12.1 Å². The van der Waals surface area contributed by atoms with Crippen molar-refractivity contribution < 1.29 is 9.72 Å². The van der Waals surface area contributed by atoms with E-state index in [1.807, 2.05) is 16.9 Å². The highest BCUT2D eigenvalue weighted by Crippen LogP contribution is 2.29. The number of aromatic amines is 1. The normalized spacial score (nSPS) is 20.7. The highest BCUT2D eigenvalue weighted by molar-refractivity contribution is 5.96. The van der Waals surface area contributed by atoms with E-state index in [1.54, 1.807) is 13.1 Å². The summed E-state index contributed by atoms with van der Waals surface area (Å²) >= 11 is 0. The third-order valence-electron chi connectivity index (χ3n) is 4.47. The van der Waals surface area contributed by atoms with Crippen molar-refractivity contribution in [1.29, 1.82) is 0 Å². The fourth-order valence-electron chi connectivity index (χ4n) is 3.28. The lowest BCUT2D eigenvalue weighted by atomic mass is 9.90. The number of hydrogen-bond donors (Lipinski definition) is 2. The summed E-state index contributed by atoms with van der Waals surface area (Å²) < 4.78 is 1.85. The Bertz CT molecular complexity index is 724. The van der Waals surface area contributed by atoms with Crippen LogP contribution in [0.15, 0.2) is 18.5 Å². The summed E-state index contributed by atoms with van der Waals surface area (Å²) in [5.41, 5.74) is -0.0273. The van der Waals surface area contributed by atoms with Gasteiger partial charge in [-0.3, -0.25) is 24.7 Å². The standard InChI is InChI=1S/C15H20N6O3/c1-2-10-14(21(23)24)13(19-18-10)15(22)17-11-6-3-4-7-12(11)20-9-5-8-16-20/h5,8-9,11-12H,2-4,6-7H2,1H3,(H,17,22)(H,18,19)/t11-,12-/m1/s1. The molecule has 1 amide bonds. The quantitative estimate of drug-likeness (QED) is 0.641. The number of nitrogens with one attached hydrogen (secondary N) is 2. The zero-order valence-electron chi connectivity index (χ0n) is 13.4. The lowest BCUT2D eigenvalue weighted by Crippen LogP contribution is -2.43. The molecule has 2 N–H and O–H groups in total. The predicted octanol–water partition coefficient (Wildman–Crippen LogP) is 1.99. The fraction of sp³-hybridized carbons (Fsp3) is 0.533. The van der Waals surface area contributed by atoms with Crippen molar-refractivity contribution in [2.75, 3.05) is 0 Å².